The molecule has 1 aromatic carbocycles. The fourth-order valence-corrected chi connectivity index (χ4v) is 4.34. The van der Waals surface area contributed by atoms with Gasteiger partial charge in [-0.3, -0.25) is 4.79 Å². The Labute approximate surface area is 174 Å². The quantitative estimate of drug-likeness (QED) is 0.569. The average Bonchev–Trinajstić information content (AvgIpc) is 3.27. The number of fused-ring (bicyclic) bond motifs is 2. The molecule has 3 aromatic heterocycles. The lowest BCUT2D eigenvalue weighted by Gasteiger charge is -2.24. The van der Waals surface area contributed by atoms with Crippen molar-refractivity contribution in [2.45, 2.75) is 45.6 Å². The van der Waals surface area contributed by atoms with Crippen molar-refractivity contribution in [3.63, 3.8) is 0 Å². The first kappa shape index (κ1) is 18.5. The van der Waals surface area contributed by atoms with E-state index in [4.69, 9.17) is 0 Å². The molecule has 1 amide bonds. The first-order valence-electron chi connectivity index (χ1n) is 10.3. The fourth-order valence-electron chi connectivity index (χ4n) is 4.34. The number of pyridine rings is 1. The number of aromatic nitrogens is 5. The van der Waals surface area contributed by atoms with Crippen LogP contribution in [0.25, 0.3) is 5.65 Å². The monoisotopic (exact) mass is 400 g/mol. The van der Waals surface area contributed by atoms with E-state index in [1.165, 1.54) is 5.56 Å². The number of anilines is 1. The van der Waals surface area contributed by atoms with Gasteiger partial charge in [-0.15, -0.1) is 10.2 Å². The van der Waals surface area contributed by atoms with Crippen LogP contribution < -0.4 is 5.32 Å². The number of nitrogens with one attached hydrogen (secondary N) is 1. The number of carbonyl (C=O) groups excluding carboxylic acids is 1. The van der Waals surface area contributed by atoms with Crippen LogP contribution in [0.1, 0.15) is 40.9 Å². The topological polar surface area (TPSA) is 77.1 Å². The maximum absolute atomic E-state index is 12.8. The summed E-state index contributed by atoms with van der Waals surface area (Å²) in [5.41, 5.74) is 4.73. The predicted octanol–water partition coefficient (Wildman–Crippen LogP) is 3.45. The number of amides is 1. The van der Waals surface area contributed by atoms with Crippen molar-refractivity contribution < 1.29 is 4.79 Å². The molecule has 0 bridgehead atoms. The maximum Gasteiger partial charge on any atom is 0.230 e. The molecule has 0 saturated carbocycles. The molecule has 0 fully saturated rings. The van der Waals surface area contributed by atoms with Crippen molar-refractivity contribution in [2.75, 3.05) is 5.32 Å². The van der Waals surface area contributed by atoms with E-state index in [2.05, 4.69) is 37.2 Å². The minimum absolute atomic E-state index is 0.0403. The van der Waals surface area contributed by atoms with Gasteiger partial charge < -0.3 is 14.3 Å². The third-order valence-electron chi connectivity index (χ3n) is 5.93. The zero-order valence-electron chi connectivity index (χ0n) is 17.2. The van der Waals surface area contributed by atoms with Crippen molar-refractivity contribution in [2.24, 2.45) is 0 Å². The summed E-state index contributed by atoms with van der Waals surface area (Å²) in [6.07, 6.45) is 4.20. The molecule has 4 heterocycles. The van der Waals surface area contributed by atoms with Gasteiger partial charge in [0.2, 0.25) is 5.91 Å². The second kappa shape index (κ2) is 7.40. The molecule has 1 aliphatic heterocycles. The van der Waals surface area contributed by atoms with Crippen molar-refractivity contribution >= 4 is 17.2 Å². The summed E-state index contributed by atoms with van der Waals surface area (Å²) in [5.74, 6) is 2.38. The van der Waals surface area contributed by atoms with Gasteiger partial charge in [0, 0.05) is 30.8 Å². The Bertz CT molecular complexity index is 1240. The summed E-state index contributed by atoms with van der Waals surface area (Å²) in [4.78, 5) is 17.3. The van der Waals surface area contributed by atoms with E-state index in [-0.39, 0.29) is 12.3 Å². The summed E-state index contributed by atoms with van der Waals surface area (Å²) < 4.78 is 4.18. The highest BCUT2D eigenvalue weighted by Crippen LogP contribution is 2.30. The molecule has 30 heavy (non-hydrogen) atoms. The molecule has 0 saturated heterocycles. The highest BCUT2D eigenvalue weighted by atomic mass is 16.1. The lowest BCUT2D eigenvalue weighted by molar-refractivity contribution is -0.115. The Hall–Kier alpha value is -3.48. The lowest BCUT2D eigenvalue weighted by Crippen LogP contribution is -2.20. The molecule has 0 aliphatic carbocycles. The van der Waals surface area contributed by atoms with Gasteiger partial charge in [-0.25, -0.2) is 4.98 Å². The van der Waals surface area contributed by atoms with Crippen molar-refractivity contribution in [1.82, 2.24) is 24.1 Å². The molecule has 7 nitrogen and oxygen atoms in total. The third-order valence-corrected chi connectivity index (χ3v) is 5.93. The number of carbonyl (C=O) groups is 1. The smallest absolute Gasteiger partial charge is 0.230 e. The molecular weight excluding hydrogens is 376 g/mol. The maximum atomic E-state index is 12.8. The molecule has 1 N–H and O–H groups in total. The van der Waals surface area contributed by atoms with E-state index in [9.17, 15) is 4.79 Å². The fraction of sp³-hybridized carbons (Fsp3) is 0.304. The number of nitrogens with zero attached hydrogens (tertiary/aromatic N) is 5. The molecule has 7 heteroatoms. The van der Waals surface area contributed by atoms with Crippen LogP contribution in [0, 0.1) is 13.8 Å². The van der Waals surface area contributed by atoms with E-state index < -0.39 is 0 Å². The number of rotatable bonds is 4. The molecule has 5 rings (SSSR count). The van der Waals surface area contributed by atoms with Crippen LogP contribution in [-0.2, 0) is 24.2 Å². The second-order valence-corrected chi connectivity index (χ2v) is 7.93. The van der Waals surface area contributed by atoms with E-state index >= 15 is 0 Å². The minimum atomic E-state index is -0.0403. The second-order valence-electron chi connectivity index (χ2n) is 7.93. The summed E-state index contributed by atoms with van der Waals surface area (Å²) in [6, 6.07) is 14.0. The summed E-state index contributed by atoms with van der Waals surface area (Å²) in [5, 5.41) is 11.5. The van der Waals surface area contributed by atoms with Crippen molar-refractivity contribution in [3.8, 4) is 0 Å². The Kier molecular flexibility index (Phi) is 4.58. The summed E-state index contributed by atoms with van der Waals surface area (Å²) in [6.45, 7) is 4.82. The van der Waals surface area contributed by atoms with E-state index in [1.54, 1.807) is 0 Å². The highest BCUT2D eigenvalue weighted by Gasteiger charge is 2.23. The average molecular weight is 400 g/mol. The van der Waals surface area contributed by atoms with Gasteiger partial charge in [0.15, 0.2) is 0 Å². The van der Waals surface area contributed by atoms with Gasteiger partial charge in [0.1, 0.15) is 17.3 Å². The van der Waals surface area contributed by atoms with Gasteiger partial charge in [-0.05, 0) is 50.1 Å². The SMILES string of the molecule is Cc1nc2ccccn2c1CC(=O)Nc1cccc(C2CCc3nnc(C)n3C2)c1. The first-order chi connectivity index (χ1) is 14.6. The number of hydrogen-bond donors (Lipinski definition) is 1. The Morgan fingerprint density at radius 1 is 1.17 bits per heavy atom. The van der Waals surface area contributed by atoms with Crippen LogP contribution in [0.2, 0.25) is 0 Å². The summed E-state index contributed by atoms with van der Waals surface area (Å²) >= 11 is 0. The Morgan fingerprint density at radius 3 is 2.97 bits per heavy atom. The van der Waals surface area contributed by atoms with Crippen LogP contribution in [0.3, 0.4) is 0 Å². The molecule has 1 atom stereocenters. The number of hydrogen-bond acceptors (Lipinski definition) is 4. The normalized spacial score (nSPS) is 15.9. The van der Waals surface area contributed by atoms with Gasteiger partial charge in [-0.1, -0.05) is 18.2 Å². The summed E-state index contributed by atoms with van der Waals surface area (Å²) in [7, 11) is 0. The van der Waals surface area contributed by atoms with Gasteiger partial charge >= 0.3 is 0 Å². The molecule has 0 radical (unpaired) electrons. The predicted molar refractivity (Wildman–Crippen MR) is 115 cm³/mol. The zero-order valence-corrected chi connectivity index (χ0v) is 17.2. The van der Waals surface area contributed by atoms with Crippen LogP contribution in [0.15, 0.2) is 48.7 Å². The van der Waals surface area contributed by atoms with E-state index in [0.717, 1.165) is 53.8 Å². The standard InChI is InChI=1S/C23H24N6O/c1-15-20(28-11-4-3-8-21(28)24-15)13-23(30)25-19-7-5-6-17(12-19)18-9-10-22-27-26-16(2)29(22)14-18/h3-8,11-12,18H,9-10,13-14H2,1-2H3,(H,25,30). The molecular formula is C23H24N6O. The van der Waals surface area contributed by atoms with E-state index in [1.807, 2.05) is 54.8 Å². The molecule has 4 aromatic rings. The van der Waals surface area contributed by atoms with E-state index in [0.29, 0.717) is 5.92 Å². The van der Waals surface area contributed by atoms with Gasteiger partial charge in [0.25, 0.3) is 0 Å². The molecule has 0 spiro atoms. The number of aryl methyl sites for hydroxylation is 3. The number of benzene rings is 1. The lowest BCUT2D eigenvalue weighted by atomic mass is 9.91. The van der Waals surface area contributed by atoms with Crippen LogP contribution in [0.4, 0.5) is 5.69 Å². The zero-order chi connectivity index (χ0) is 20.7. The van der Waals surface area contributed by atoms with Crippen LogP contribution in [0.5, 0.6) is 0 Å². The highest BCUT2D eigenvalue weighted by molar-refractivity contribution is 5.92. The largest absolute Gasteiger partial charge is 0.326 e. The van der Waals surface area contributed by atoms with Gasteiger partial charge in [0.05, 0.1) is 17.8 Å². The van der Waals surface area contributed by atoms with Crippen molar-refractivity contribution in [3.05, 3.63) is 77.3 Å². The van der Waals surface area contributed by atoms with Crippen molar-refractivity contribution in [1.29, 1.82) is 0 Å². The molecule has 1 unspecified atom stereocenters. The molecule has 1 aliphatic rings. The Morgan fingerprint density at radius 2 is 2.07 bits per heavy atom. The van der Waals surface area contributed by atoms with Gasteiger partial charge in [-0.2, -0.15) is 0 Å². The minimum Gasteiger partial charge on any atom is -0.326 e. The van der Waals surface area contributed by atoms with Crippen LogP contribution in [-0.4, -0.2) is 30.1 Å². The number of imidazole rings is 1. The first-order valence-corrected chi connectivity index (χ1v) is 10.3. The van der Waals surface area contributed by atoms with Crippen LogP contribution >= 0.6 is 0 Å². The molecule has 152 valence electrons. The third kappa shape index (κ3) is 3.36. The Balaban J connectivity index is 1.32.